The van der Waals surface area contributed by atoms with Crippen molar-refractivity contribution in [2.75, 3.05) is 6.16 Å². The zero-order chi connectivity index (χ0) is 20.9. The molecule has 0 aliphatic rings. The summed E-state index contributed by atoms with van der Waals surface area (Å²) in [6.07, 6.45) is 2.83. The third kappa shape index (κ3) is 4.43. The van der Waals surface area contributed by atoms with Gasteiger partial charge in [0.05, 0.1) is 6.16 Å². The Bertz CT molecular complexity index is 882. The summed E-state index contributed by atoms with van der Waals surface area (Å²) in [5.74, 6) is -0.711. The van der Waals surface area contributed by atoms with Crippen LogP contribution in [0.5, 0.6) is 0 Å². The Morgan fingerprint density at radius 1 is 0.690 bits per heavy atom. The monoisotopic (exact) mass is 405 g/mol. The first kappa shape index (κ1) is 21.3. The normalized spacial score (nSPS) is 11.4. The van der Waals surface area contributed by atoms with Crippen LogP contribution in [0.15, 0.2) is 72.8 Å². The van der Waals surface area contributed by atoms with Gasteiger partial charge in [0.25, 0.3) is 0 Å². The lowest BCUT2D eigenvalue weighted by Gasteiger charge is -2.31. The van der Waals surface area contributed by atoms with Crippen LogP contribution in [0, 0.1) is 20.8 Å². The lowest BCUT2D eigenvalue weighted by molar-refractivity contribution is -0.137. The van der Waals surface area contributed by atoms with Crippen molar-refractivity contribution in [2.45, 2.75) is 40.0 Å². The smallest absolute Gasteiger partial charge is 0.303 e. The molecule has 0 aliphatic carbocycles. The van der Waals surface area contributed by atoms with Gasteiger partial charge in [-0.2, -0.15) is 0 Å². The Kier molecular flexibility index (Phi) is 6.87. The number of carboxylic acid groups (broad SMARTS) is 1. The molecule has 3 heteroatoms. The summed E-state index contributed by atoms with van der Waals surface area (Å²) >= 11 is 0. The van der Waals surface area contributed by atoms with Gasteiger partial charge in [0.2, 0.25) is 0 Å². The van der Waals surface area contributed by atoms with E-state index in [1.165, 1.54) is 32.6 Å². The van der Waals surface area contributed by atoms with Crippen molar-refractivity contribution < 1.29 is 9.90 Å². The van der Waals surface area contributed by atoms with Crippen LogP contribution in [-0.4, -0.2) is 17.2 Å². The van der Waals surface area contributed by atoms with Gasteiger partial charge in [0.1, 0.15) is 23.2 Å². The second-order valence-electron chi connectivity index (χ2n) is 7.74. The molecule has 0 amide bonds. The van der Waals surface area contributed by atoms with Crippen LogP contribution in [0.2, 0.25) is 0 Å². The fourth-order valence-electron chi connectivity index (χ4n) is 4.35. The summed E-state index contributed by atoms with van der Waals surface area (Å²) in [5.41, 5.74) is 3.93. The van der Waals surface area contributed by atoms with E-state index in [2.05, 4.69) is 93.6 Å². The number of aryl methyl sites for hydroxylation is 3. The summed E-state index contributed by atoms with van der Waals surface area (Å²) in [6.45, 7) is 6.62. The van der Waals surface area contributed by atoms with Gasteiger partial charge in [-0.25, -0.2) is 0 Å². The molecule has 0 heterocycles. The van der Waals surface area contributed by atoms with E-state index in [0.29, 0.717) is 6.42 Å². The van der Waals surface area contributed by atoms with Gasteiger partial charge in [-0.3, -0.25) is 4.79 Å². The highest BCUT2D eigenvalue weighted by molar-refractivity contribution is 7.96. The molecule has 2 nitrogen and oxygen atoms in total. The van der Waals surface area contributed by atoms with Gasteiger partial charge in [-0.1, -0.05) is 54.6 Å². The average Bonchev–Trinajstić information content (AvgIpc) is 2.70. The van der Waals surface area contributed by atoms with E-state index in [1.54, 1.807) is 0 Å². The van der Waals surface area contributed by atoms with Crippen LogP contribution in [0.3, 0.4) is 0 Å². The number of hydrogen-bond donors (Lipinski definition) is 1. The van der Waals surface area contributed by atoms with Gasteiger partial charge in [0.15, 0.2) is 0 Å². The molecule has 3 rings (SSSR count). The van der Waals surface area contributed by atoms with E-state index in [-0.39, 0.29) is 6.42 Å². The molecule has 0 unspecified atom stereocenters. The van der Waals surface area contributed by atoms with Crippen molar-refractivity contribution in [3.8, 4) is 0 Å². The average molecular weight is 405 g/mol. The summed E-state index contributed by atoms with van der Waals surface area (Å²) in [6, 6.07) is 26.2. The Morgan fingerprint density at radius 2 is 1.07 bits per heavy atom. The molecule has 0 spiro atoms. The highest BCUT2D eigenvalue weighted by Crippen LogP contribution is 2.58. The molecule has 0 bridgehead atoms. The van der Waals surface area contributed by atoms with Gasteiger partial charge >= 0.3 is 5.97 Å². The molecule has 3 aromatic carbocycles. The van der Waals surface area contributed by atoms with Crippen LogP contribution in [-0.2, 0) is 4.79 Å². The number of aliphatic carboxylic acids is 1. The van der Waals surface area contributed by atoms with E-state index in [0.717, 1.165) is 12.6 Å². The van der Waals surface area contributed by atoms with E-state index < -0.39 is 13.2 Å². The third-order valence-corrected chi connectivity index (χ3v) is 10.7. The minimum Gasteiger partial charge on any atom is -0.481 e. The van der Waals surface area contributed by atoms with Crippen LogP contribution in [0.1, 0.15) is 36.0 Å². The van der Waals surface area contributed by atoms with Crippen molar-refractivity contribution in [3.05, 3.63) is 89.5 Å². The number of benzene rings is 3. The second kappa shape index (κ2) is 9.37. The molecule has 0 aliphatic heterocycles. The fraction of sp³-hybridized carbons (Fsp3) is 0.269. The highest BCUT2D eigenvalue weighted by atomic mass is 31.2. The zero-order valence-electron chi connectivity index (χ0n) is 17.6. The van der Waals surface area contributed by atoms with Crippen molar-refractivity contribution >= 4 is 29.1 Å². The molecule has 0 saturated heterocycles. The summed E-state index contributed by atoms with van der Waals surface area (Å²) in [5, 5.41) is 13.4. The van der Waals surface area contributed by atoms with Gasteiger partial charge in [-0.05, 0) is 68.5 Å². The maximum Gasteiger partial charge on any atom is 0.303 e. The van der Waals surface area contributed by atoms with Crippen LogP contribution < -0.4 is 15.9 Å². The molecule has 0 fully saturated rings. The first-order valence-electron chi connectivity index (χ1n) is 10.3. The van der Waals surface area contributed by atoms with Crippen LogP contribution >= 0.6 is 7.26 Å². The van der Waals surface area contributed by atoms with Gasteiger partial charge in [-0.15, -0.1) is 0 Å². The Labute approximate surface area is 175 Å². The van der Waals surface area contributed by atoms with Crippen molar-refractivity contribution in [1.82, 2.24) is 0 Å². The largest absolute Gasteiger partial charge is 0.481 e. The van der Waals surface area contributed by atoms with E-state index in [4.69, 9.17) is 5.11 Å². The number of hydrogen-bond acceptors (Lipinski definition) is 1. The Morgan fingerprint density at radius 3 is 1.41 bits per heavy atom. The van der Waals surface area contributed by atoms with E-state index in [1.807, 2.05) is 0 Å². The molecule has 0 aromatic heterocycles. The molecular formula is C26H30O2P+. The van der Waals surface area contributed by atoms with E-state index in [9.17, 15) is 4.79 Å². The third-order valence-electron chi connectivity index (χ3n) is 5.71. The van der Waals surface area contributed by atoms with Crippen LogP contribution in [0.25, 0.3) is 0 Å². The Hall–Kier alpha value is -2.44. The molecule has 0 radical (unpaired) electrons. The van der Waals surface area contributed by atoms with E-state index >= 15 is 0 Å². The minimum atomic E-state index is -1.92. The maximum absolute atomic E-state index is 11.1. The lowest BCUT2D eigenvalue weighted by Crippen LogP contribution is -2.37. The predicted molar refractivity (Wildman–Crippen MR) is 126 cm³/mol. The van der Waals surface area contributed by atoms with Crippen molar-refractivity contribution in [2.24, 2.45) is 0 Å². The maximum atomic E-state index is 11.1. The molecule has 0 atom stereocenters. The van der Waals surface area contributed by atoms with Gasteiger partial charge in [0, 0.05) is 6.42 Å². The van der Waals surface area contributed by atoms with Crippen LogP contribution in [0.4, 0.5) is 0 Å². The standard InChI is InChI=1S/C26H29O2P/c1-20-12-4-7-15-23(20)29(19-11-10-18-26(27)28,24-16-8-5-13-21(24)2)25-17-9-6-14-22(25)3/h4-9,12-17H,10-11,18-19H2,1-3H3/p+1. The number of rotatable bonds is 8. The fourth-order valence-corrected chi connectivity index (χ4v) is 9.60. The Balaban J connectivity index is 2.27. The molecule has 1 N–H and O–H groups in total. The van der Waals surface area contributed by atoms with Gasteiger partial charge < -0.3 is 5.11 Å². The van der Waals surface area contributed by atoms with Crippen molar-refractivity contribution in [1.29, 1.82) is 0 Å². The molecule has 3 aromatic rings. The zero-order valence-corrected chi connectivity index (χ0v) is 18.5. The number of carboxylic acids is 1. The molecular weight excluding hydrogens is 375 g/mol. The highest BCUT2D eigenvalue weighted by Gasteiger charge is 2.47. The molecule has 150 valence electrons. The predicted octanol–water partition coefficient (Wildman–Crippen LogP) is 5.16. The number of unbranched alkanes of at least 4 members (excludes halogenated alkanes) is 1. The second-order valence-corrected chi connectivity index (χ2v) is 11.3. The first-order valence-corrected chi connectivity index (χ1v) is 12.2. The number of carbonyl (C=O) groups is 1. The first-order chi connectivity index (χ1) is 14.0. The summed E-state index contributed by atoms with van der Waals surface area (Å²) in [4.78, 5) is 11.1. The topological polar surface area (TPSA) is 37.3 Å². The quantitative estimate of drug-likeness (QED) is 0.415. The molecule has 29 heavy (non-hydrogen) atoms. The molecule has 0 saturated carbocycles. The SMILES string of the molecule is Cc1ccccc1[P+](CCCCC(=O)O)(c1ccccc1C)c1ccccc1C. The minimum absolute atomic E-state index is 0.231. The summed E-state index contributed by atoms with van der Waals surface area (Å²) < 4.78 is 0. The summed E-state index contributed by atoms with van der Waals surface area (Å²) in [7, 11) is -1.92. The van der Waals surface area contributed by atoms with Crippen molar-refractivity contribution in [3.63, 3.8) is 0 Å². The lowest BCUT2D eigenvalue weighted by atomic mass is 10.2.